The molecule has 0 bridgehead atoms. The minimum Gasteiger partial charge on any atom is -0.354 e. The van der Waals surface area contributed by atoms with E-state index in [0.717, 1.165) is 10.5 Å². The van der Waals surface area contributed by atoms with Gasteiger partial charge in [-0.05, 0) is 51.3 Å². The molecule has 2 N–H and O–H groups in total. The highest BCUT2D eigenvalue weighted by atomic mass is 19.1. The van der Waals surface area contributed by atoms with E-state index in [-0.39, 0.29) is 11.7 Å². The van der Waals surface area contributed by atoms with E-state index in [1.807, 2.05) is 0 Å². The number of amides is 4. The van der Waals surface area contributed by atoms with Gasteiger partial charge < -0.3 is 10.6 Å². The highest BCUT2D eigenvalue weighted by Crippen LogP contribution is 2.19. The molecule has 1 aliphatic heterocycles. The highest BCUT2D eigenvalue weighted by molar-refractivity contribution is 6.09. The van der Waals surface area contributed by atoms with Gasteiger partial charge in [0.05, 0.1) is 0 Å². The number of nitrogens with one attached hydrogen (secondary N) is 2. The van der Waals surface area contributed by atoms with E-state index in [4.69, 9.17) is 0 Å². The van der Waals surface area contributed by atoms with Crippen molar-refractivity contribution in [3.05, 3.63) is 35.6 Å². The van der Waals surface area contributed by atoms with Crippen LogP contribution in [0.4, 0.5) is 9.18 Å². The lowest BCUT2D eigenvalue weighted by atomic mass is 10.1. The number of carbonyl (C=O) groups is 3. The second-order valence-corrected chi connectivity index (χ2v) is 6.43. The van der Waals surface area contributed by atoms with Crippen molar-refractivity contribution in [1.29, 1.82) is 0 Å². The van der Waals surface area contributed by atoms with E-state index in [1.165, 1.54) is 19.1 Å². The van der Waals surface area contributed by atoms with Crippen LogP contribution < -0.4 is 10.6 Å². The predicted octanol–water partition coefficient (Wildman–Crippen LogP) is 1.59. The SMILES string of the molecule is C[C@@H](C(=O)NCCCc1ccc(F)cc1)N1C(=O)NC(C)(C)C1=O. The lowest BCUT2D eigenvalue weighted by molar-refractivity contribution is -0.137. The zero-order chi connectivity index (χ0) is 17.9. The molecular weight excluding hydrogens is 313 g/mol. The molecule has 0 aliphatic carbocycles. The van der Waals surface area contributed by atoms with Crippen LogP contribution in [0.3, 0.4) is 0 Å². The molecule has 0 saturated carbocycles. The summed E-state index contributed by atoms with van der Waals surface area (Å²) < 4.78 is 12.8. The first-order valence-electron chi connectivity index (χ1n) is 7.90. The van der Waals surface area contributed by atoms with E-state index in [9.17, 15) is 18.8 Å². The van der Waals surface area contributed by atoms with Crippen molar-refractivity contribution in [2.24, 2.45) is 0 Å². The van der Waals surface area contributed by atoms with Gasteiger partial charge >= 0.3 is 6.03 Å². The minimum atomic E-state index is -0.992. The van der Waals surface area contributed by atoms with Gasteiger partial charge in [-0.15, -0.1) is 0 Å². The molecule has 4 amide bonds. The van der Waals surface area contributed by atoms with Crippen LogP contribution in [0.5, 0.6) is 0 Å². The molecule has 7 heteroatoms. The summed E-state index contributed by atoms with van der Waals surface area (Å²) in [6, 6.07) is 4.78. The second kappa shape index (κ2) is 6.98. The molecule has 1 aromatic carbocycles. The minimum absolute atomic E-state index is 0.280. The van der Waals surface area contributed by atoms with Crippen LogP contribution in [0, 0.1) is 5.82 Å². The van der Waals surface area contributed by atoms with Crippen molar-refractivity contribution in [2.45, 2.75) is 45.2 Å². The van der Waals surface area contributed by atoms with Gasteiger partial charge in [-0.2, -0.15) is 0 Å². The topological polar surface area (TPSA) is 78.5 Å². The number of aryl methyl sites for hydroxylation is 1. The maximum absolute atomic E-state index is 12.8. The number of nitrogens with zero attached hydrogens (tertiary/aromatic N) is 1. The predicted molar refractivity (Wildman–Crippen MR) is 86.6 cm³/mol. The average molecular weight is 335 g/mol. The Labute approximate surface area is 140 Å². The van der Waals surface area contributed by atoms with Crippen molar-refractivity contribution in [3.63, 3.8) is 0 Å². The Morgan fingerprint density at radius 3 is 2.46 bits per heavy atom. The third-order valence-electron chi connectivity index (χ3n) is 4.01. The summed E-state index contributed by atoms with van der Waals surface area (Å²) in [6.07, 6.45) is 1.38. The number of hydrogen-bond acceptors (Lipinski definition) is 3. The maximum atomic E-state index is 12.8. The first kappa shape index (κ1) is 17.9. The van der Waals surface area contributed by atoms with Crippen LogP contribution in [-0.2, 0) is 16.0 Å². The molecule has 6 nitrogen and oxygen atoms in total. The summed E-state index contributed by atoms with van der Waals surface area (Å²) in [6.45, 7) is 5.13. The largest absolute Gasteiger partial charge is 0.354 e. The second-order valence-electron chi connectivity index (χ2n) is 6.43. The van der Waals surface area contributed by atoms with E-state index < -0.39 is 23.5 Å². The summed E-state index contributed by atoms with van der Waals surface area (Å²) in [7, 11) is 0. The van der Waals surface area contributed by atoms with E-state index in [1.54, 1.807) is 26.0 Å². The lowest BCUT2D eigenvalue weighted by Crippen LogP contribution is -2.49. The summed E-state index contributed by atoms with van der Waals surface area (Å²) >= 11 is 0. The Morgan fingerprint density at radius 2 is 1.92 bits per heavy atom. The van der Waals surface area contributed by atoms with E-state index in [2.05, 4.69) is 10.6 Å². The smallest absolute Gasteiger partial charge is 0.325 e. The highest BCUT2D eigenvalue weighted by Gasteiger charge is 2.47. The molecule has 0 radical (unpaired) electrons. The molecular formula is C17H22FN3O3. The molecule has 1 fully saturated rings. The fourth-order valence-electron chi connectivity index (χ4n) is 2.55. The summed E-state index contributed by atoms with van der Waals surface area (Å²) in [5, 5.41) is 5.27. The Morgan fingerprint density at radius 1 is 1.29 bits per heavy atom. The summed E-state index contributed by atoms with van der Waals surface area (Å²) in [4.78, 5) is 37.1. The van der Waals surface area contributed by atoms with Gasteiger partial charge in [0, 0.05) is 6.54 Å². The molecule has 0 unspecified atom stereocenters. The number of carbonyl (C=O) groups excluding carboxylic acids is 3. The summed E-state index contributed by atoms with van der Waals surface area (Å²) in [5.41, 5.74) is -0.0108. The van der Waals surface area contributed by atoms with Crippen LogP contribution in [0.2, 0.25) is 0 Å². The molecule has 1 aromatic rings. The first-order chi connectivity index (χ1) is 11.2. The van der Waals surface area contributed by atoms with Crippen LogP contribution in [0.1, 0.15) is 32.8 Å². The van der Waals surface area contributed by atoms with E-state index >= 15 is 0 Å². The molecule has 1 aliphatic rings. The molecule has 130 valence electrons. The van der Waals surface area contributed by atoms with Crippen molar-refractivity contribution < 1.29 is 18.8 Å². The van der Waals surface area contributed by atoms with Gasteiger partial charge in [0.25, 0.3) is 5.91 Å². The molecule has 0 aromatic heterocycles. The maximum Gasteiger partial charge on any atom is 0.325 e. The van der Waals surface area contributed by atoms with Gasteiger partial charge in [0.2, 0.25) is 5.91 Å². The molecule has 2 rings (SSSR count). The van der Waals surface area contributed by atoms with Gasteiger partial charge in [-0.3, -0.25) is 9.59 Å². The van der Waals surface area contributed by atoms with Gasteiger partial charge in [-0.25, -0.2) is 14.1 Å². The Hall–Kier alpha value is -2.44. The number of hydrogen-bond donors (Lipinski definition) is 2. The van der Waals surface area contributed by atoms with Crippen LogP contribution in [0.25, 0.3) is 0 Å². The van der Waals surface area contributed by atoms with E-state index in [0.29, 0.717) is 19.4 Å². The van der Waals surface area contributed by atoms with Gasteiger partial charge in [0.1, 0.15) is 17.4 Å². The standard InChI is InChI=1S/C17H22FN3O3/c1-11(21-15(23)17(2,3)20-16(21)24)14(22)19-10-4-5-12-6-8-13(18)9-7-12/h6-9,11H,4-5,10H2,1-3H3,(H,19,22)(H,20,24)/t11-/m0/s1. The van der Waals surface area contributed by atoms with Gasteiger partial charge in [0.15, 0.2) is 0 Å². The third-order valence-corrected chi connectivity index (χ3v) is 4.01. The van der Waals surface area contributed by atoms with Crippen molar-refractivity contribution in [3.8, 4) is 0 Å². The number of urea groups is 1. The fourth-order valence-corrected chi connectivity index (χ4v) is 2.55. The zero-order valence-corrected chi connectivity index (χ0v) is 14.1. The van der Waals surface area contributed by atoms with Crippen molar-refractivity contribution >= 4 is 17.8 Å². The molecule has 1 saturated heterocycles. The molecule has 1 atom stereocenters. The average Bonchev–Trinajstić information content (AvgIpc) is 2.72. The first-order valence-corrected chi connectivity index (χ1v) is 7.90. The van der Waals surface area contributed by atoms with Crippen molar-refractivity contribution in [1.82, 2.24) is 15.5 Å². The fraction of sp³-hybridized carbons (Fsp3) is 0.471. The molecule has 1 heterocycles. The van der Waals surface area contributed by atoms with Crippen LogP contribution in [0.15, 0.2) is 24.3 Å². The van der Waals surface area contributed by atoms with Gasteiger partial charge in [-0.1, -0.05) is 12.1 Å². The number of benzene rings is 1. The summed E-state index contributed by atoms with van der Waals surface area (Å²) in [5.74, 6) is -1.07. The number of imide groups is 1. The Bertz CT molecular complexity index is 643. The van der Waals surface area contributed by atoms with Crippen LogP contribution >= 0.6 is 0 Å². The molecule has 0 spiro atoms. The quantitative estimate of drug-likeness (QED) is 0.612. The Balaban J connectivity index is 1.81. The Kier molecular flexibility index (Phi) is 5.21. The monoisotopic (exact) mass is 335 g/mol. The lowest BCUT2D eigenvalue weighted by Gasteiger charge is -2.22. The number of halogens is 1. The third kappa shape index (κ3) is 3.90. The normalized spacial score (nSPS) is 17.6. The zero-order valence-electron chi connectivity index (χ0n) is 14.1. The van der Waals surface area contributed by atoms with Crippen LogP contribution in [-0.4, -0.2) is 40.9 Å². The molecule has 24 heavy (non-hydrogen) atoms. The van der Waals surface area contributed by atoms with Crippen molar-refractivity contribution in [2.75, 3.05) is 6.54 Å². The number of rotatable bonds is 6.